The number of carbonyl (C=O) groups is 2. The lowest BCUT2D eigenvalue weighted by Crippen LogP contribution is -2.40. The third-order valence-corrected chi connectivity index (χ3v) is 4.91. The Balaban J connectivity index is 1.46. The molecule has 0 saturated carbocycles. The van der Waals surface area contributed by atoms with Crippen molar-refractivity contribution in [2.24, 2.45) is 0 Å². The van der Waals surface area contributed by atoms with Gasteiger partial charge in [-0.2, -0.15) is 0 Å². The van der Waals surface area contributed by atoms with Crippen LogP contribution in [0.5, 0.6) is 0 Å². The molecule has 0 bridgehead atoms. The molecule has 2 fully saturated rings. The standard InChI is InChI=1S/C14H20N4O3S/c1-10-9-22-13(16-10)11-8-17(5-6-21-11)3-2-4-18-12(19)7-15-14(18)20/h9,11H,2-8H2,1H3,(H,15,20). The average Bonchev–Trinajstić information content (AvgIpc) is 3.08. The molecule has 0 aromatic carbocycles. The summed E-state index contributed by atoms with van der Waals surface area (Å²) in [7, 11) is 0. The van der Waals surface area contributed by atoms with Gasteiger partial charge in [0.05, 0.1) is 13.2 Å². The quantitative estimate of drug-likeness (QED) is 0.810. The maximum absolute atomic E-state index is 11.5. The summed E-state index contributed by atoms with van der Waals surface area (Å²) in [5, 5.41) is 5.60. The number of urea groups is 1. The number of morpholine rings is 1. The van der Waals surface area contributed by atoms with Crippen LogP contribution in [0.15, 0.2) is 5.38 Å². The van der Waals surface area contributed by atoms with Gasteiger partial charge in [-0.25, -0.2) is 9.78 Å². The number of ether oxygens (including phenoxy) is 1. The molecule has 2 aliphatic heterocycles. The molecule has 22 heavy (non-hydrogen) atoms. The zero-order valence-corrected chi connectivity index (χ0v) is 13.4. The Labute approximate surface area is 133 Å². The van der Waals surface area contributed by atoms with Crippen LogP contribution in [0.1, 0.15) is 23.2 Å². The molecular formula is C14H20N4O3S. The van der Waals surface area contributed by atoms with Gasteiger partial charge in [-0.1, -0.05) is 0 Å². The molecule has 0 radical (unpaired) electrons. The summed E-state index contributed by atoms with van der Waals surface area (Å²) in [6.07, 6.45) is 0.812. The van der Waals surface area contributed by atoms with Gasteiger partial charge in [0.1, 0.15) is 11.1 Å². The molecule has 1 N–H and O–H groups in total. The second-order valence-corrected chi connectivity index (χ2v) is 6.43. The molecule has 7 nitrogen and oxygen atoms in total. The minimum absolute atomic E-state index is 0.0316. The van der Waals surface area contributed by atoms with E-state index >= 15 is 0 Å². The van der Waals surface area contributed by atoms with Crippen LogP contribution in [-0.2, 0) is 9.53 Å². The van der Waals surface area contributed by atoms with E-state index in [1.165, 1.54) is 4.90 Å². The number of imide groups is 1. The number of carbonyl (C=O) groups excluding carboxylic acids is 2. The van der Waals surface area contributed by atoms with Crippen molar-refractivity contribution in [1.29, 1.82) is 0 Å². The van der Waals surface area contributed by atoms with Crippen LogP contribution in [0.4, 0.5) is 4.79 Å². The number of thiazole rings is 1. The average molecular weight is 324 g/mol. The minimum Gasteiger partial charge on any atom is -0.368 e. The molecule has 3 heterocycles. The molecule has 0 aliphatic carbocycles. The van der Waals surface area contributed by atoms with Crippen LogP contribution in [0.3, 0.4) is 0 Å². The lowest BCUT2D eigenvalue weighted by Gasteiger charge is -2.32. The summed E-state index contributed by atoms with van der Waals surface area (Å²) in [6, 6.07) is -0.275. The van der Waals surface area contributed by atoms with Crippen molar-refractivity contribution < 1.29 is 14.3 Å². The largest absolute Gasteiger partial charge is 0.368 e. The van der Waals surface area contributed by atoms with E-state index in [1.807, 2.05) is 12.3 Å². The van der Waals surface area contributed by atoms with Gasteiger partial charge < -0.3 is 10.1 Å². The number of hydrogen-bond acceptors (Lipinski definition) is 6. The molecule has 2 aliphatic rings. The van der Waals surface area contributed by atoms with Crippen molar-refractivity contribution in [3.05, 3.63) is 16.1 Å². The Hall–Kier alpha value is -1.51. The molecule has 3 amide bonds. The zero-order valence-electron chi connectivity index (χ0n) is 12.6. The molecule has 120 valence electrons. The summed E-state index contributed by atoms with van der Waals surface area (Å²) in [5.41, 5.74) is 1.03. The van der Waals surface area contributed by atoms with E-state index in [1.54, 1.807) is 11.3 Å². The van der Waals surface area contributed by atoms with Crippen LogP contribution in [0.25, 0.3) is 0 Å². The third-order valence-electron chi connectivity index (χ3n) is 3.86. The Bertz CT molecular complexity index is 546. The first-order chi connectivity index (χ1) is 10.6. The van der Waals surface area contributed by atoms with E-state index in [0.29, 0.717) is 13.2 Å². The molecule has 8 heteroatoms. The molecule has 0 spiro atoms. The van der Waals surface area contributed by atoms with E-state index < -0.39 is 0 Å². The minimum atomic E-state index is -0.275. The lowest BCUT2D eigenvalue weighted by atomic mass is 10.2. The molecular weight excluding hydrogens is 304 g/mol. The number of aromatic nitrogens is 1. The van der Waals surface area contributed by atoms with E-state index in [9.17, 15) is 9.59 Å². The predicted octanol–water partition coefficient (Wildman–Crippen LogP) is 0.767. The van der Waals surface area contributed by atoms with Crippen molar-refractivity contribution in [2.45, 2.75) is 19.4 Å². The first-order valence-corrected chi connectivity index (χ1v) is 8.35. The SMILES string of the molecule is Cc1csc(C2CN(CCCN3C(=O)CNC3=O)CCO2)n1. The number of rotatable bonds is 5. The molecule has 1 atom stereocenters. The maximum atomic E-state index is 11.5. The van der Waals surface area contributed by atoms with Gasteiger partial charge in [0.25, 0.3) is 0 Å². The van der Waals surface area contributed by atoms with Crippen molar-refractivity contribution in [3.8, 4) is 0 Å². The second kappa shape index (κ2) is 6.72. The van der Waals surface area contributed by atoms with E-state index in [2.05, 4.69) is 15.2 Å². The van der Waals surface area contributed by atoms with Crippen LogP contribution in [0.2, 0.25) is 0 Å². The highest BCUT2D eigenvalue weighted by molar-refractivity contribution is 7.09. The fourth-order valence-corrected chi connectivity index (χ4v) is 3.54. The Morgan fingerprint density at radius 1 is 1.45 bits per heavy atom. The van der Waals surface area contributed by atoms with Crippen molar-refractivity contribution >= 4 is 23.3 Å². The molecule has 2 saturated heterocycles. The van der Waals surface area contributed by atoms with Gasteiger partial charge in [-0.3, -0.25) is 14.6 Å². The third kappa shape index (κ3) is 3.45. The number of amides is 3. The first kappa shape index (κ1) is 15.4. The molecule has 3 rings (SSSR count). The van der Waals surface area contributed by atoms with Gasteiger partial charge in [0.15, 0.2) is 0 Å². The number of aryl methyl sites for hydroxylation is 1. The van der Waals surface area contributed by atoms with E-state index in [4.69, 9.17) is 4.74 Å². The van der Waals surface area contributed by atoms with Crippen LogP contribution in [-0.4, -0.2) is 66.1 Å². The summed E-state index contributed by atoms with van der Waals surface area (Å²) < 4.78 is 5.80. The monoisotopic (exact) mass is 324 g/mol. The summed E-state index contributed by atoms with van der Waals surface area (Å²) in [5.74, 6) is -0.136. The summed E-state index contributed by atoms with van der Waals surface area (Å²) in [6.45, 7) is 5.81. The molecule has 1 aromatic heterocycles. The lowest BCUT2D eigenvalue weighted by molar-refractivity contribution is -0.125. The van der Waals surface area contributed by atoms with Gasteiger partial charge in [-0.15, -0.1) is 11.3 Å². The fraction of sp³-hybridized carbons (Fsp3) is 0.643. The summed E-state index contributed by atoms with van der Waals surface area (Å²) in [4.78, 5) is 31.1. The zero-order chi connectivity index (χ0) is 15.5. The highest BCUT2D eigenvalue weighted by Crippen LogP contribution is 2.25. The molecule has 1 unspecified atom stereocenters. The highest BCUT2D eigenvalue weighted by atomic mass is 32.1. The van der Waals surface area contributed by atoms with E-state index in [-0.39, 0.29) is 24.6 Å². The van der Waals surface area contributed by atoms with Gasteiger partial charge in [0.2, 0.25) is 5.91 Å². The first-order valence-electron chi connectivity index (χ1n) is 7.47. The maximum Gasteiger partial charge on any atom is 0.324 e. The van der Waals surface area contributed by atoms with Gasteiger partial charge in [-0.05, 0) is 13.3 Å². The summed E-state index contributed by atoms with van der Waals surface area (Å²) >= 11 is 1.63. The van der Waals surface area contributed by atoms with E-state index in [0.717, 1.165) is 36.8 Å². The van der Waals surface area contributed by atoms with Crippen molar-refractivity contribution in [1.82, 2.24) is 20.1 Å². The number of nitrogens with zero attached hydrogens (tertiary/aromatic N) is 3. The number of nitrogens with one attached hydrogen (secondary N) is 1. The Morgan fingerprint density at radius 2 is 2.32 bits per heavy atom. The second-order valence-electron chi connectivity index (χ2n) is 5.54. The van der Waals surface area contributed by atoms with Crippen LogP contribution >= 0.6 is 11.3 Å². The van der Waals surface area contributed by atoms with Crippen LogP contribution < -0.4 is 5.32 Å². The normalized spacial score (nSPS) is 23.1. The molecule has 1 aromatic rings. The smallest absolute Gasteiger partial charge is 0.324 e. The highest BCUT2D eigenvalue weighted by Gasteiger charge is 2.28. The van der Waals surface area contributed by atoms with Gasteiger partial charge in [0, 0.05) is 37.3 Å². The Morgan fingerprint density at radius 3 is 3.00 bits per heavy atom. The number of hydrogen-bond donors (Lipinski definition) is 1. The fourth-order valence-electron chi connectivity index (χ4n) is 2.71. The Kier molecular flexibility index (Phi) is 4.70. The topological polar surface area (TPSA) is 74.8 Å². The van der Waals surface area contributed by atoms with Crippen molar-refractivity contribution in [3.63, 3.8) is 0 Å². The van der Waals surface area contributed by atoms with Crippen molar-refractivity contribution in [2.75, 3.05) is 39.3 Å². The predicted molar refractivity (Wildman–Crippen MR) is 81.7 cm³/mol. The van der Waals surface area contributed by atoms with Crippen LogP contribution in [0, 0.1) is 6.92 Å². The van der Waals surface area contributed by atoms with Gasteiger partial charge >= 0.3 is 6.03 Å².